The van der Waals surface area contributed by atoms with Gasteiger partial charge in [0.05, 0.1) is 10.4 Å². The summed E-state index contributed by atoms with van der Waals surface area (Å²) >= 11 is 0. The summed E-state index contributed by atoms with van der Waals surface area (Å²) in [7, 11) is 0. The van der Waals surface area contributed by atoms with Crippen molar-refractivity contribution >= 4 is 22.3 Å². The zero-order valence-electron chi connectivity index (χ0n) is 10.9. The second-order valence-electron chi connectivity index (χ2n) is 4.30. The van der Waals surface area contributed by atoms with Crippen LogP contribution in [-0.2, 0) is 6.42 Å². The molecular weight excluding hydrogens is 274 g/mol. The summed E-state index contributed by atoms with van der Waals surface area (Å²) in [6, 6.07) is 7.26. The predicted molar refractivity (Wildman–Crippen MR) is 74.9 cm³/mol. The molecule has 0 unspecified atom stereocenters. The molecular formula is C13H11N5O3. The standard InChI is InChI=1S/C13H11N5O3/c19-18(20)11-7-15-10-4-2-1-3-9(10)13(11)14-6-5-12-16-8-17-21-12/h1-4,7-8H,5-6H2,(H,14,15). The van der Waals surface area contributed by atoms with Crippen molar-refractivity contribution in [1.82, 2.24) is 15.1 Å². The Morgan fingerprint density at radius 3 is 2.90 bits per heavy atom. The monoisotopic (exact) mass is 285 g/mol. The molecule has 106 valence electrons. The summed E-state index contributed by atoms with van der Waals surface area (Å²) in [5.41, 5.74) is 1.09. The number of nitrogens with one attached hydrogen (secondary N) is 1. The lowest BCUT2D eigenvalue weighted by molar-refractivity contribution is -0.384. The highest BCUT2D eigenvalue weighted by Crippen LogP contribution is 2.31. The second kappa shape index (κ2) is 5.53. The van der Waals surface area contributed by atoms with E-state index in [9.17, 15) is 10.1 Å². The fraction of sp³-hybridized carbons (Fsp3) is 0.154. The maximum absolute atomic E-state index is 11.1. The lowest BCUT2D eigenvalue weighted by atomic mass is 10.1. The van der Waals surface area contributed by atoms with E-state index in [0.717, 1.165) is 0 Å². The number of para-hydroxylation sites is 1. The number of fused-ring (bicyclic) bond motifs is 1. The van der Waals surface area contributed by atoms with E-state index in [1.807, 2.05) is 18.2 Å². The van der Waals surface area contributed by atoms with Gasteiger partial charge >= 0.3 is 5.69 Å². The number of hydrogen-bond acceptors (Lipinski definition) is 7. The molecule has 0 saturated heterocycles. The second-order valence-corrected chi connectivity index (χ2v) is 4.30. The molecule has 0 bridgehead atoms. The maximum atomic E-state index is 11.1. The van der Waals surface area contributed by atoms with E-state index < -0.39 is 4.92 Å². The van der Waals surface area contributed by atoms with Gasteiger partial charge < -0.3 is 9.84 Å². The summed E-state index contributed by atoms with van der Waals surface area (Å²) in [4.78, 5) is 18.7. The Morgan fingerprint density at radius 1 is 1.29 bits per heavy atom. The highest BCUT2D eigenvalue weighted by Gasteiger charge is 2.17. The first kappa shape index (κ1) is 13.0. The summed E-state index contributed by atoms with van der Waals surface area (Å²) in [6.45, 7) is 0.442. The maximum Gasteiger partial charge on any atom is 0.311 e. The van der Waals surface area contributed by atoms with Crippen LogP contribution in [0.1, 0.15) is 5.89 Å². The van der Waals surface area contributed by atoms with Crippen molar-refractivity contribution in [3.8, 4) is 0 Å². The van der Waals surface area contributed by atoms with Gasteiger partial charge in [-0.1, -0.05) is 23.4 Å². The molecule has 0 aliphatic rings. The Kier molecular flexibility index (Phi) is 3.42. The third-order valence-corrected chi connectivity index (χ3v) is 3.00. The van der Waals surface area contributed by atoms with E-state index in [1.54, 1.807) is 6.07 Å². The Labute approximate surface area is 119 Å². The zero-order chi connectivity index (χ0) is 14.7. The SMILES string of the molecule is O=[N+]([O-])c1cnc2ccccc2c1NCCc1ncno1. The fourth-order valence-corrected chi connectivity index (χ4v) is 2.06. The van der Waals surface area contributed by atoms with Crippen molar-refractivity contribution < 1.29 is 9.45 Å². The van der Waals surface area contributed by atoms with Gasteiger partial charge in [-0.2, -0.15) is 4.98 Å². The van der Waals surface area contributed by atoms with E-state index in [2.05, 4.69) is 20.4 Å². The smallest absolute Gasteiger partial charge is 0.311 e. The highest BCUT2D eigenvalue weighted by atomic mass is 16.6. The third-order valence-electron chi connectivity index (χ3n) is 3.00. The van der Waals surface area contributed by atoms with Crippen LogP contribution in [0.15, 0.2) is 41.3 Å². The van der Waals surface area contributed by atoms with Crippen molar-refractivity contribution in [1.29, 1.82) is 0 Å². The van der Waals surface area contributed by atoms with Gasteiger partial charge in [-0.05, 0) is 6.07 Å². The Balaban J connectivity index is 1.90. The summed E-state index contributed by atoms with van der Waals surface area (Å²) in [6.07, 6.45) is 3.06. The lowest BCUT2D eigenvalue weighted by Gasteiger charge is -2.08. The summed E-state index contributed by atoms with van der Waals surface area (Å²) in [5, 5.41) is 18.4. The van der Waals surface area contributed by atoms with Crippen LogP contribution >= 0.6 is 0 Å². The van der Waals surface area contributed by atoms with E-state index in [4.69, 9.17) is 4.52 Å². The highest BCUT2D eigenvalue weighted by molar-refractivity contribution is 5.95. The quantitative estimate of drug-likeness (QED) is 0.565. The van der Waals surface area contributed by atoms with Crippen molar-refractivity contribution in [3.05, 3.63) is 52.8 Å². The summed E-state index contributed by atoms with van der Waals surface area (Å²) < 4.78 is 4.89. The molecule has 1 aromatic carbocycles. The number of benzene rings is 1. The molecule has 0 atom stereocenters. The molecule has 8 nitrogen and oxygen atoms in total. The number of pyridine rings is 1. The van der Waals surface area contributed by atoms with E-state index in [-0.39, 0.29) is 5.69 Å². The summed E-state index contributed by atoms with van der Waals surface area (Å²) in [5.74, 6) is 0.475. The molecule has 2 heterocycles. The molecule has 0 amide bonds. The van der Waals surface area contributed by atoms with E-state index in [1.165, 1.54) is 12.5 Å². The first-order valence-corrected chi connectivity index (χ1v) is 6.27. The van der Waals surface area contributed by atoms with Gasteiger partial charge in [0.15, 0.2) is 6.33 Å². The number of nitrogens with zero attached hydrogens (tertiary/aromatic N) is 4. The van der Waals surface area contributed by atoms with Gasteiger partial charge in [0, 0.05) is 18.4 Å². The van der Waals surface area contributed by atoms with Crippen molar-refractivity contribution in [2.45, 2.75) is 6.42 Å². The van der Waals surface area contributed by atoms with E-state index in [0.29, 0.717) is 35.4 Å². The number of nitro groups is 1. The molecule has 0 aliphatic heterocycles. The van der Waals surface area contributed by atoms with Gasteiger partial charge in [-0.25, -0.2) is 4.98 Å². The van der Waals surface area contributed by atoms with Gasteiger partial charge in [0.1, 0.15) is 11.9 Å². The number of aromatic nitrogens is 3. The Bertz CT molecular complexity index is 773. The Morgan fingerprint density at radius 2 is 2.14 bits per heavy atom. The third kappa shape index (κ3) is 2.64. The van der Waals surface area contributed by atoms with Crippen LogP contribution in [0.3, 0.4) is 0 Å². The molecule has 2 aromatic heterocycles. The largest absolute Gasteiger partial charge is 0.378 e. The minimum absolute atomic E-state index is 0.0563. The van der Waals surface area contributed by atoms with Gasteiger partial charge in [0.2, 0.25) is 5.89 Å². The van der Waals surface area contributed by atoms with Crippen molar-refractivity contribution in [2.75, 3.05) is 11.9 Å². The topological polar surface area (TPSA) is 107 Å². The van der Waals surface area contributed by atoms with Crippen LogP contribution in [0.4, 0.5) is 11.4 Å². The molecule has 0 saturated carbocycles. The minimum atomic E-state index is -0.450. The van der Waals surface area contributed by atoms with Crippen LogP contribution in [-0.4, -0.2) is 26.6 Å². The van der Waals surface area contributed by atoms with Crippen molar-refractivity contribution in [3.63, 3.8) is 0 Å². The molecule has 0 aliphatic carbocycles. The normalized spacial score (nSPS) is 10.7. The van der Waals surface area contributed by atoms with Gasteiger partial charge in [0.25, 0.3) is 0 Å². The molecule has 8 heteroatoms. The molecule has 3 rings (SSSR count). The van der Waals surface area contributed by atoms with Crippen LogP contribution < -0.4 is 5.32 Å². The molecule has 0 radical (unpaired) electrons. The van der Waals surface area contributed by atoms with Gasteiger partial charge in [-0.3, -0.25) is 10.1 Å². The first-order chi connectivity index (χ1) is 10.3. The number of rotatable bonds is 5. The zero-order valence-corrected chi connectivity index (χ0v) is 10.9. The van der Waals surface area contributed by atoms with Crippen LogP contribution in [0.25, 0.3) is 10.9 Å². The first-order valence-electron chi connectivity index (χ1n) is 6.27. The molecule has 3 aromatic rings. The predicted octanol–water partition coefficient (Wildman–Crippen LogP) is 2.18. The van der Waals surface area contributed by atoms with Crippen LogP contribution in [0.5, 0.6) is 0 Å². The molecule has 21 heavy (non-hydrogen) atoms. The number of hydrogen-bond donors (Lipinski definition) is 1. The van der Waals surface area contributed by atoms with Gasteiger partial charge in [-0.15, -0.1) is 0 Å². The van der Waals surface area contributed by atoms with Crippen LogP contribution in [0.2, 0.25) is 0 Å². The van der Waals surface area contributed by atoms with Crippen molar-refractivity contribution in [2.24, 2.45) is 0 Å². The van der Waals surface area contributed by atoms with E-state index >= 15 is 0 Å². The molecule has 0 spiro atoms. The Hall–Kier alpha value is -3.03. The lowest BCUT2D eigenvalue weighted by Crippen LogP contribution is -2.08. The average molecular weight is 285 g/mol. The molecule has 0 fully saturated rings. The van der Waals surface area contributed by atoms with Crippen LogP contribution in [0, 0.1) is 10.1 Å². The minimum Gasteiger partial charge on any atom is -0.378 e. The number of anilines is 1. The average Bonchev–Trinajstić information content (AvgIpc) is 3.00. The molecule has 1 N–H and O–H groups in total. The fourth-order valence-electron chi connectivity index (χ4n) is 2.06.